The lowest BCUT2D eigenvalue weighted by Gasteiger charge is -2.16. The summed E-state index contributed by atoms with van der Waals surface area (Å²) in [6.07, 6.45) is 0.613. The lowest BCUT2D eigenvalue weighted by Crippen LogP contribution is -2.23. The number of nitrogens with one attached hydrogen (secondary N) is 1. The van der Waals surface area contributed by atoms with Crippen molar-refractivity contribution >= 4 is 6.29 Å². The zero-order valence-electron chi connectivity index (χ0n) is 9.13. The quantitative estimate of drug-likeness (QED) is 0.588. The molecule has 0 aliphatic carbocycles. The summed E-state index contributed by atoms with van der Waals surface area (Å²) in [5.41, 5.74) is 0.815. The van der Waals surface area contributed by atoms with E-state index in [1.165, 1.54) is 12.3 Å². The van der Waals surface area contributed by atoms with Gasteiger partial charge in [-0.2, -0.15) is 0 Å². The highest BCUT2D eigenvalue weighted by molar-refractivity contribution is 5.73. The largest absolute Gasteiger partial charge is 0.390 e. The SMILES string of the molecule is CNCCC(O)C(O)c1ccc(C=O)cn1. The molecule has 1 aromatic heterocycles. The first-order valence-electron chi connectivity index (χ1n) is 5.11. The molecule has 1 aromatic rings. The van der Waals surface area contributed by atoms with Crippen LogP contribution in [0.25, 0.3) is 0 Å². The summed E-state index contributed by atoms with van der Waals surface area (Å²) in [5, 5.41) is 22.3. The molecule has 0 aliphatic rings. The number of nitrogens with zero attached hydrogens (tertiary/aromatic N) is 1. The summed E-state index contributed by atoms with van der Waals surface area (Å²) in [5.74, 6) is 0. The lowest BCUT2D eigenvalue weighted by molar-refractivity contribution is 0.0115. The smallest absolute Gasteiger partial charge is 0.151 e. The van der Waals surface area contributed by atoms with E-state index in [0.717, 1.165) is 0 Å². The second-order valence-corrected chi connectivity index (χ2v) is 3.54. The third-order valence-corrected chi connectivity index (χ3v) is 2.30. The Morgan fingerprint density at radius 2 is 2.25 bits per heavy atom. The zero-order chi connectivity index (χ0) is 12.0. The Morgan fingerprint density at radius 3 is 2.75 bits per heavy atom. The number of hydrogen-bond acceptors (Lipinski definition) is 5. The fourth-order valence-electron chi connectivity index (χ4n) is 1.31. The molecule has 0 aliphatic heterocycles. The van der Waals surface area contributed by atoms with Gasteiger partial charge in [0.25, 0.3) is 0 Å². The van der Waals surface area contributed by atoms with E-state index >= 15 is 0 Å². The zero-order valence-corrected chi connectivity index (χ0v) is 9.13. The Balaban J connectivity index is 2.64. The molecule has 88 valence electrons. The number of aldehydes is 1. The summed E-state index contributed by atoms with van der Waals surface area (Å²) in [6, 6.07) is 3.10. The standard InChI is InChI=1S/C11H16N2O3/c1-12-5-4-10(15)11(16)9-3-2-8(7-14)6-13-9/h2-3,6-7,10-12,15-16H,4-5H2,1H3. The van der Waals surface area contributed by atoms with Crippen LogP contribution in [0.4, 0.5) is 0 Å². The molecule has 0 spiro atoms. The van der Waals surface area contributed by atoms with Crippen molar-refractivity contribution in [2.24, 2.45) is 0 Å². The van der Waals surface area contributed by atoms with E-state index in [4.69, 9.17) is 0 Å². The fourth-order valence-corrected chi connectivity index (χ4v) is 1.31. The molecule has 0 saturated carbocycles. The Hall–Kier alpha value is -1.30. The summed E-state index contributed by atoms with van der Waals surface area (Å²) in [6.45, 7) is 0.616. The van der Waals surface area contributed by atoms with Gasteiger partial charge in [0.1, 0.15) is 6.10 Å². The maximum Gasteiger partial charge on any atom is 0.151 e. The topological polar surface area (TPSA) is 82.5 Å². The maximum absolute atomic E-state index is 10.4. The van der Waals surface area contributed by atoms with Gasteiger partial charge in [-0.25, -0.2) is 0 Å². The van der Waals surface area contributed by atoms with Crippen molar-refractivity contribution in [1.82, 2.24) is 10.3 Å². The van der Waals surface area contributed by atoms with E-state index in [-0.39, 0.29) is 0 Å². The first-order chi connectivity index (χ1) is 7.69. The van der Waals surface area contributed by atoms with Crippen LogP contribution in [0.3, 0.4) is 0 Å². The maximum atomic E-state index is 10.4. The van der Waals surface area contributed by atoms with E-state index in [0.29, 0.717) is 30.5 Å². The number of aliphatic hydroxyl groups is 2. The van der Waals surface area contributed by atoms with Crippen molar-refractivity contribution in [2.45, 2.75) is 18.6 Å². The molecule has 1 heterocycles. The molecule has 1 rings (SSSR count). The van der Waals surface area contributed by atoms with Crippen LogP contribution in [0, 0.1) is 0 Å². The third kappa shape index (κ3) is 3.37. The minimum atomic E-state index is -1.02. The monoisotopic (exact) mass is 224 g/mol. The molecule has 0 aromatic carbocycles. The number of aromatic nitrogens is 1. The summed E-state index contributed by atoms with van der Waals surface area (Å²) < 4.78 is 0. The minimum Gasteiger partial charge on any atom is -0.390 e. The number of rotatable bonds is 6. The number of pyridine rings is 1. The van der Waals surface area contributed by atoms with E-state index < -0.39 is 12.2 Å². The van der Waals surface area contributed by atoms with Crippen molar-refractivity contribution in [1.29, 1.82) is 0 Å². The molecule has 16 heavy (non-hydrogen) atoms. The molecular formula is C11H16N2O3. The number of hydrogen-bond donors (Lipinski definition) is 3. The van der Waals surface area contributed by atoms with Gasteiger partial charge in [-0.3, -0.25) is 9.78 Å². The van der Waals surface area contributed by atoms with Crippen molar-refractivity contribution < 1.29 is 15.0 Å². The number of carbonyl (C=O) groups excluding carboxylic acids is 1. The average Bonchev–Trinajstić information content (AvgIpc) is 2.35. The van der Waals surface area contributed by atoms with Crippen LogP contribution in [0.1, 0.15) is 28.6 Å². The van der Waals surface area contributed by atoms with Gasteiger partial charge in [-0.1, -0.05) is 0 Å². The number of aliphatic hydroxyl groups excluding tert-OH is 2. The van der Waals surface area contributed by atoms with Crippen LogP contribution >= 0.6 is 0 Å². The third-order valence-electron chi connectivity index (χ3n) is 2.30. The summed E-state index contributed by atoms with van der Waals surface area (Å²) in [4.78, 5) is 14.3. The van der Waals surface area contributed by atoms with Gasteiger partial charge in [0.2, 0.25) is 0 Å². The van der Waals surface area contributed by atoms with Crippen LogP contribution < -0.4 is 5.32 Å². The van der Waals surface area contributed by atoms with Crippen molar-refractivity contribution in [3.8, 4) is 0 Å². The molecule has 2 unspecified atom stereocenters. The van der Waals surface area contributed by atoms with Gasteiger partial charge in [0.05, 0.1) is 11.8 Å². The van der Waals surface area contributed by atoms with Gasteiger partial charge >= 0.3 is 0 Å². The van der Waals surface area contributed by atoms with Crippen molar-refractivity contribution in [3.05, 3.63) is 29.6 Å². The van der Waals surface area contributed by atoms with Crippen LogP contribution in [-0.4, -0.2) is 41.2 Å². The summed E-state index contributed by atoms with van der Waals surface area (Å²) in [7, 11) is 1.77. The Labute approximate surface area is 94.1 Å². The highest BCUT2D eigenvalue weighted by atomic mass is 16.3. The molecule has 3 N–H and O–H groups in total. The predicted octanol–water partition coefficient (Wildman–Crippen LogP) is -0.102. The predicted molar refractivity (Wildman–Crippen MR) is 59.1 cm³/mol. The van der Waals surface area contributed by atoms with E-state index in [9.17, 15) is 15.0 Å². The minimum absolute atomic E-state index is 0.370. The van der Waals surface area contributed by atoms with Gasteiger partial charge in [-0.15, -0.1) is 0 Å². The molecule has 0 bridgehead atoms. The first-order valence-corrected chi connectivity index (χ1v) is 5.11. The Bertz CT molecular complexity index is 327. The average molecular weight is 224 g/mol. The summed E-state index contributed by atoms with van der Waals surface area (Å²) >= 11 is 0. The fraction of sp³-hybridized carbons (Fsp3) is 0.455. The van der Waals surface area contributed by atoms with E-state index in [1.807, 2.05) is 0 Å². The molecule has 5 heteroatoms. The molecule has 2 atom stereocenters. The Kier molecular flexibility index (Phi) is 5.04. The second kappa shape index (κ2) is 6.32. The first kappa shape index (κ1) is 12.8. The van der Waals surface area contributed by atoms with E-state index in [1.54, 1.807) is 13.1 Å². The normalized spacial score (nSPS) is 14.4. The highest BCUT2D eigenvalue weighted by Gasteiger charge is 2.18. The van der Waals surface area contributed by atoms with E-state index in [2.05, 4.69) is 10.3 Å². The molecule has 5 nitrogen and oxygen atoms in total. The molecule has 0 saturated heterocycles. The van der Waals surface area contributed by atoms with Crippen LogP contribution in [-0.2, 0) is 0 Å². The molecule has 0 fully saturated rings. The van der Waals surface area contributed by atoms with Crippen LogP contribution in [0.2, 0.25) is 0 Å². The molecule has 0 amide bonds. The van der Waals surface area contributed by atoms with Crippen LogP contribution in [0.15, 0.2) is 18.3 Å². The lowest BCUT2D eigenvalue weighted by atomic mass is 10.1. The van der Waals surface area contributed by atoms with Crippen molar-refractivity contribution in [2.75, 3.05) is 13.6 Å². The highest BCUT2D eigenvalue weighted by Crippen LogP contribution is 2.16. The van der Waals surface area contributed by atoms with Gasteiger partial charge in [-0.05, 0) is 32.1 Å². The second-order valence-electron chi connectivity index (χ2n) is 3.54. The molecule has 0 radical (unpaired) electrons. The van der Waals surface area contributed by atoms with Gasteiger partial charge in [0.15, 0.2) is 6.29 Å². The van der Waals surface area contributed by atoms with Gasteiger partial charge < -0.3 is 15.5 Å². The Morgan fingerprint density at radius 1 is 1.50 bits per heavy atom. The number of carbonyl (C=O) groups is 1. The van der Waals surface area contributed by atoms with Crippen LogP contribution in [0.5, 0.6) is 0 Å². The van der Waals surface area contributed by atoms with Crippen molar-refractivity contribution in [3.63, 3.8) is 0 Å². The van der Waals surface area contributed by atoms with Gasteiger partial charge in [0, 0.05) is 11.8 Å². The molecular weight excluding hydrogens is 208 g/mol.